The number of hydrogen-bond acceptors (Lipinski definition) is 3. The number of ether oxygens (including phenoxy) is 1. The van der Waals surface area contributed by atoms with Crippen molar-refractivity contribution in [2.45, 2.75) is 12.4 Å². The van der Waals surface area contributed by atoms with Gasteiger partial charge in [0.25, 0.3) is 5.91 Å². The van der Waals surface area contributed by atoms with Crippen LogP contribution in [-0.2, 0) is 11.3 Å². The summed E-state index contributed by atoms with van der Waals surface area (Å²) < 4.78 is 30.2. The van der Waals surface area contributed by atoms with Gasteiger partial charge >= 0.3 is 5.85 Å². The fourth-order valence-electron chi connectivity index (χ4n) is 2.64. The third-order valence-corrected chi connectivity index (χ3v) is 4.21. The molecule has 1 amide bonds. The zero-order valence-electron chi connectivity index (χ0n) is 16.2. The van der Waals surface area contributed by atoms with Crippen molar-refractivity contribution in [2.24, 2.45) is 0 Å². The van der Waals surface area contributed by atoms with Gasteiger partial charge in [-0.1, -0.05) is 42.2 Å². The zero-order valence-corrected chi connectivity index (χ0v) is 18.1. The Kier molecular flexibility index (Phi) is 7.98. The van der Waals surface area contributed by atoms with Crippen LogP contribution in [0.1, 0.15) is 5.56 Å². The molecule has 1 aliphatic heterocycles. The highest BCUT2D eigenvalue weighted by Gasteiger charge is 2.30. The van der Waals surface area contributed by atoms with E-state index in [0.717, 1.165) is 11.1 Å². The van der Waals surface area contributed by atoms with Crippen molar-refractivity contribution in [2.75, 3.05) is 27.2 Å². The Hall–Kier alpha value is -2.19. The third kappa shape index (κ3) is 7.29. The van der Waals surface area contributed by atoms with E-state index in [4.69, 9.17) is 11.6 Å². The molecule has 1 aliphatic rings. The van der Waals surface area contributed by atoms with Crippen LogP contribution in [-0.4, -0.2) is 48.7 Å². The summed E-state index contributed by atoms with van der Waals surface area (Å²) in [6.07, 6.45) is 1.76. The van der Waals surface area contributed by atoms with Crippen molar-refractivity contribution >= 4 is 26.7 Å². The summed E-state index contributed by atoms with van der Waals surface area (Å²) in [5.41, 5.74) is 3.75. The Morgan fingerprint density at radius 1 is 1.41 bits per heavy atom. The van der Waals surface area contributed by atoms with E-state index >= 15 is 0 Å². The Morgan fingerprint density at radius 3 is 2.62 bits per heavy atom. The van der Waals surface area contributed by atoms with E-state index in [1.165, 1.54) is 26.9 Å². The standard InChI is InChI=1S/C21H22ClF2N2O2P/c1-15(5-4-10-25(2)3)11-17-14-26(20(27)19(17)12-22)13-16-6-8-18(9-7-16)28-21(23,24)29/h6-9,11-12H,1,10,13-14,29H2,2-3H3/b17-11-,19-12-. The zero-order chi connectivity index (χ0) is 21.6. The lowest BCUT2D eigenvalue weighted by Crippen LogP contribution is -2.24. The van der Waals surface area contributed by atoms with Crippen LogP contribution in [0.25, 0.3) is 0 Å². The molecule has 1 unspecified atom stereocenters. The number of carbonyl (C=O) groups excluding carboxylic acids is 1. The second kappa shape index (κ2) is 10.0. The number of benzene rings is 1. The van der Waals surface area contributed by atoms with Crippen LogP contribution in [0, 0.1) is 11.8 Å². The molecule has 1 aromatic carbocycles. The van der Waals surface area contributed by atoms with Crippen molar-refractivity contribution in [3.63, 3.8) is 0 Å². The van der Waals surface area contributed by atoms with Gasteiger partial charge in [-0.05, 0) is 52.7 Å². The van der Waals surface area contributed by atoms with Gasteiger partial charge in [-0.3, -0.25) is 9.69 Å². The number of allylic oxidation sites excluding steroid dienone is 2. The van der Waals surface area contributed by atoms with Gasteiger partial charge in [0, 0.05) is 24.2 Å². The molecule has 1 fully saturated rings. The summed E-state index contributed by atoms with van der Waals surface area (Å²) in [7, 11) is 5.16. The lowest BCUT2D eigenvalue weighted by Gasteiger charge is -2.16. The number of rotatable bonds is 6. The summed E-state index contributed by atoms with van der Waals surface area (Å²) >= 11 is 5.87. The van der Waals surface area contributed by atoms with E-state index in [0.29, 0.717) is 30.8 Å². The number of carbonyl (C=O) groups is 1. The van der Waals surface area contributed by atoms with Gasteiger partial charge in [0.05, 0.1) is 12.1 Å². The third-order valence-electron chi connectivity index (χ3n) is 3.88. The average Bonchev–Trinajstić information content (AvgIpc) is 2.89. The van der Waals surface area contributed by atoms with Gasteiger partial charge < -0.3 is 9.64 Å². The maximum Gasteiger partial charge on any atom is 0.408 e. The van der Waals surface area contributed by atoms with Gasteiger partial charge in [-0.2, -0.15) is 8.78 Å². The summed E-state index contributed by atoms with van der Waals surface area (Å²) in [5.74, 6) is 2.44. The molecule has 0 N–H and O–H groups in total. The van der Waals surface area contributed by atoms with E-state index in [1.807, 2.05) is 19.0 Å². The van der Waals surface area contributed by atoms with Crippen LogP contribution in [0.15, 0.2) is 59.2 Å². The monoisotopic (exact) mass is 438 g/mol. The highest BCUT2D eigenvalue weighted by Crippen LogP contribution is 2.29. The van der Waals surface area contributed by atoms with E-state index < -0.39 is 5.85 Å². The van der Waals surface area contributed by atoms with Crippen molar-refractivity contribution in [1.29, 1.82) is 0 Å². The largest absolute Gasteiger partial charge is 0.430 e. The van der Waals surface area contributed by atoms with E-state index in [1.54, 1.807) is 23.1 Å². The van der Waals surface area contributed by atoms with E-state index in [-0.39, 0.29) is 11.7 Å². The minimum atomic E-state index is -3.33. The molecule has 29 heavy (non-hydrogen) atoms. The topological polar surface area (TPSA) is 32.8 Å². The highest BCUT2D eigenvalue weighted by atomic mass is 35.5. The molecule has 2 rings (SSSR count). The Balaban J connectivity index is 2.09. The summed E-state index contributed by atoms with van der Waals surface area (Å²) in [5, 5.41) is 0. The predicted molar refractivity (Wildman–Crippen MR) is 115 cm³/mol. The second-order valence-corrected chi connectivity index (χ2v) is 7.62. The molecule has 1 saturated heterocycles. The van der Waals surface area contributed by atoms with Crippen molar-refractivity contribution < 1.29 is 18.3 Å². The first-order valence-electron chi connectivity index (χ1n) is 8.67. The molecule has 0 aliphatic carbocycles. The molecule has 0 aromatic heterocycles. The minimum Gasteiger partial charge on any atom is -0.430 e. The van der Waals surface area contributed by atoms with Crippen LogP contribution in [0.4, 0.5) is 8.78 Å². The van der Waals surface area contributed by atoms with Crippen molar-refractivity contribution in [3.05, 3.63) is 64.7 Å². The molecule has 154 valence electrons. The maximum atomic E-state index is 12.9. The van der Waals surface area contributed by atoms with Crippen LogP contribution in [0.2, 0.25) is 0 Å². The predicted octanol–water partition coefficient (Wildman–Crippen LogP) is 4.00. The smallest absolute Gasteiger partial charge is 0.408 e. The first-order chi connectivity index (χ1) is 13.6. The maximum absolute atomic E-state index is 12.9. The average molecular weight is 439 g/mol. The molecule has 0 bridgehead atoms. The molecular weight excluding hydrogens is 417 g/mol. The first-order valence-corrected chi connectivity index (χ1v) is 9.68. The van der Waals surface area contributed by atoms with E-state index in [9.17, 15) is 13.6 Å². The SMILES string of the molecule is C=C(C#CCN(C)C)/C=C1/CN(Cc2ccc(OC(F)(F)P)cc2)C(=O)/C1=C\Cl. The molecule has 0 saturated carbocycles. The summed E-state index contributed by atoms with van der Waals surface area (Å²) in [6, 6.07) is 6.14. The molecule has 1 aromatic rings. The van der Waals surface area contributed by atoms with Gasteiger partial charge in [0.2, 0.25) is 0 Å². The van der Waals surface area contributed by atoms with Crippen LogP contribution in [0.5, 0.6) is 5.75 Å². The molecular formula is C21H22ClF2N2O2P. The number of halogens is 3. The Bertz CT molecular complexity index is 894. The highest BCUT2D eigenvalue weighted by molar-refractivity contribution is 7.17. The number of alkyl halides is 2. The van der Waals surface area contributed by atoms with E-state index in [2.05, 4.69) is 23.2 Å². The van der Waals surface area contributed by atoms with Gasteiger partial charge in [-0.15, -0.1) is 0 Å². The normalized spacial score (nSPS) is 17.1. The van der Waals surface area contributed by atoms with Crippen LogP contribution in [0.3, 0.4) is 0 Å². The molecule has 1 heterocycles. The molecule has 4 nitrogen and oxygen atoms in total. The van der Waals surface area contributed by atoms with Gasteiger partial charge in [0.15, 0.2) is 0 Å². The molecule has 1 atom stereocenters. The van der Waals surface area contributed by atoms with Crippen molar-refractivity contribution in [1.82, 2.24) is 9.80 Å². The summed E-state index contributed by atoms with van der Waals surface area (Å²) in [4.78, 5) is 16.2. The second-order valence-electron chi connectivity index (χ2n) is 6.73. The first kappa shape index (κ1) is 23.1. The van der Waals surface area contributed by atoms with Crippen LogP contribution < -0.4 is 4.74 Å². The molecule has 0 radical (unpaired) electrons. The lowest BCUT2D eigenvalue weighted by atomic mass is 10.1. The van der Waals surface area contributed by atoms with Crippen molar-refractivity contribution in [3.8, 4) is 17.6 Å². The van der Waals surface area contributed by atoms with Crippen LogP contribution >= 0.6 is 20.8 Å². The number of likely N-dealkylation sites (tertiary alicyclic amines) is 1. The quantitative estimate of drug-likeness (QED) is 0.382. The number of hydrogen-bond donors (Lipinski definition) is 0. The summed E-state index contributed by atoms with van der Waals surface area (Å²) in [6.45, 7) is 5.18. The Morgan fingerprint density at radius 2 is 2.07 bits per heavy atom. The lowest BCUT2D eigenvalue weighted by molar-refractivity contribution is -0.125. The molecule has 8 heteroatoms. The Labute approximate surface area is 177 Å². The number of amides is 1. The number of nitrogens with zero attached hydrogens (tertiary/aromatic N) is 2. The minimum absolute atomic E-state index is 0.0380. The van der Waals surface area contributed by atoms with Gasteiger partial charge in [0.1, 0.15) is 5.75 Å². The van der Waals surface area contributed by atoms with Gasteiger partial charge in [-0.25, -0.2) is 0 Å². The molecule has 0 spiro atoms. The fourth-order valence-corrected chi connectivity index (χ4v) is 3.01. The fraction of sp³-hybridized carbons (Fsp3) is 0.286.